The highest BCUT2D eigenvalue weighted by Crippen LogP contribution is 2.15. The average Bonchev–Trinajstić information content (AvgIpc) is 2.63. The molecular formula is C19H17N3O. The van der Waals surface area contributed by atoms with E-state index in [1.165, 1.54) is 0 Å². The van der Waals surface area contributed by atoms with Gasteiger partial charge in [0.2, 0.25) is 0 Å². The first-order valence-electron chi connectivity index (χ1n) is 7.41. The van der Waals surface area contributed by atoms with Gasteiger partial charge in [0, 0.05) is 23.1 Å². The molecule has 1 amide bonds. The minimum Gasteiger partial charge on any atom is -0.379 e. The fourth-order valence-electron chi connectivity index (χ4n) is 2.16. The zero-order chi connectivity index (χ0) is 15.9. The van der Waals surface area contributed by atoms with Crippen LogP contribution in [0.25, 0.3) is 0 Å². The van der Waals surface area contributed by atoms with E-state index in [0.717, 1.165) is 17.1 Å². The van der Waals surface area contributed by atoms with Crippen LogP contribution in [0.15, 0.2) is 79.0 Å². The van der Waals surface area contributed by atoms with Crippen LogP contribution in [0.3, 0.4) is 0 Å². The molecule has 1 aromatic heterocycles. The second-order valence-electron chi connectivity index (χ2n) is 5.07. The monoisotopic (exact) mass is 303 g/mol. The van der Waals surface area contributed by atoms with Crippen LogP contribution < -0.4 is 10.6 Å². The van der Waals surface area contributed by atoms with Crippen molar-refractivity contribution >= 4 is 17.3 Å². The lowest BCUT2D eigenvalue weighted by Crippen LogP contribution is -2.11. The molecule has 3 rings (SSSR count). The van der Waals surface area contributed by atoms with Gasteiger partial charge in [-0.05, 0) is 48.5 Å². The predicted molar refractivity (Wildman–Crippen MR) is 92.4 cm³/mol. The summed E-state index contributed by atoms with van der Waals surface area (Å²) < 4.78 is 0. The number of carbonyl (C=O) groups excluding carboxylic acids is 1. The van der Waals surface area contributed by atoms with Crippen LogP contribution in [0.2, 0.25) is 0 Å². The lowest BCUT2D eigenvalue weighted by Gasteiger charge is -2.08. The molecule has 0 bridgehead atoms. The van der Waals surface area contributed by atoms with Crippen LogP contribution in [0.4, 0.5) is 11.4 Å². The molecular weight excluding hydrogens is 286 g/mol. The van der Waals surface area contributed by atoms with E-state index in [2.05, 4.69) is 15.6 Å². The van der Waals surface area contributed by atoms with E-state index in [1.807, 2.05) is 60.7 Å². The summed E-state index contributed by atoms with van der Waals surface area (Å²) in [4.78, 5) is 16.3. The van der Waals surface area contributed by atoms with Gasteiger partial charge in [0.05, 0.1) is 12.2 Å². The first-order chi connectivity index (χ1) is 11.3. The minimum atomic E-state index is -0.111. The number of hydrogen-bond donors (Lipinski definition) is 2. The van der Waals surface area contributed by atoms with Crippen LogP contribution in [0.1, 0.15) is 16.1 Å². The van der Waals surface area contributed by atoms with E-state index in [1.54, 1.807) is 18.3 Å². The highest BCUT2D eigenvalue weighted by molar-refractivity contribution is 6.04. The number of rotatable bonds is 5. The normalized spacial score (nSPS) is 10.1. The van der Waals surface area contributed by atoms with Crippen molar-refractivity contribution in [2.45, 2.75) is 6.54 Å². The Labute approximate surface area is 135 Å². The smallest absolute Gasteiger partial charge is 0.255 e. The molecule has 0 spiro atoms. The van der Waals surface area contributed by atoms with Gasteiger partial charge in [-0.1, -0.05) is 24.3 Å². The lowest BCUT2D eigenvalue weighted by atomic mass is 10.2. The Morgan fingerprint density at radius 1 is 0.826 bits per heavy atom. The Bertz CT molecular complexity index is 756. The van der Waals surface area contributed by atoms with E-state index in [9.17, 15) is 4.79 Å². The molecule has 2 aromatic carbocycles. The summed E-state index contributed by atoms with van der Waals surface area (Å²) in [6.45, 7) is 0.663. The van der Waals surface area contributed by atoms with Gasteiger partial charge in [0.1, 0.15) is 0 Å². The molecule has 2 N–H and O–H groups in total. The number of anilines is 2. The highest BCUT2D eigenvalue weighted by atomic mass is 16.1. The van der Waals surface area contributed by atoms with E-state index < -0.39 is 0 Å². The largest absolute Gasteiger partial charge is 0.379 e. The number of carbonyl (C=O) groups is 1. The number of pyridine rings is 1. The Kier molecular flexibility index (Phi) is 4.64. The van der Waals surface area contributed by atoms with E-state index in [4.69, 9.17) is 0 Å². The second kappa shape index (κ2) is 7.22. The number of amides is 1. The summed E-state index contributed by atoms with van der Waals surface area (Å²) in [7, 11) is 0. The van der Waals surface area contributed by atoms with E-state index >= 15 is 0 Å². The third kappa shape index (κ3) is 4.17. The maximum Gasteiger partial charge on any atom is 0.255 e. The molecule has 23 heavy (non-hydrogen) atoms. The zero-order valence-electron chi connectivity index (χ0n) is 12.6. The van der Waals surface area contributed by atoms with Gasteiger partial charge in [-0.15, -0.1) is 0 Å². The topological polar surface area (TPSA) is 54.0 Å². The summed E-state index contributed by atoms with van der Waals surface area (Å²) in [6.07, 6.45) is 1.78. The molecule has 3 aromatic rings. The van der Waals surface area contributed by atoms with Gasteiger partial charge in [0.25, 0.3) is 5.91 Å². The van der Waals surface area contributed by atoms with Crippen LogP contribution in [0, 0.1) is 0 Å². The molecule has 4 heteroatoms. The number of aromatic nitrogens is 1. The fourth-order valence-corrected chi connectivity index (χ4v) is 2.16. The third-order valence-electron chi connectivity index (χ3n) is 3.38. The number of nitrogens with one attached hydrogen (secondary N) is 2. The SMILES string of the molecule is O=C(Nc1ccc(NCc2ccccn2)cc1)c1ccccc1. The van der Waals surface area contributed by atoms with E-state index in [-0.39, 0.29) is 5.91 Å². The van der Waals surface area contributed by atoms with Gasteiger partial charge >= 0.3 is 0 Å². The Morgan fingerprint density at radius 2 is 1.52 bits per heavy atom. The van der Waals surface area contributed by atoms with Gasteiger partial charge in [0.15, 0.2) is 0 Å². The Hall–Kier alpha value is -3.14. The molecule has 0 aliphatic heterocycles. The van der Waals surface area contributed by atoms with Gasteiger partial charge < -0.3 is 10.6 Å². The van der Waals surface area contributed by atoms with Crippen LogP contribution in [-0.2, 0) is 6.54 Å². The molecule has 1 heterocycles. The first-order valence-corrected chi connectivity index (χ1v) is 7.41. The van der Waals surface area contributed by atoms with Gasteiger partial charge in [-0.3, -0.25) is 9.78 Å². The van der Waals surface area contributed by atoms with Crippen LogP contribution >= 0.6 is 0 Å². The molecule has 0 aliphatic carbocycles. The van der Waals surface area contributed by atoms with Gasteiger partial charge in [-0.2, -0.15) is 0 Å². The van der Waals surface area contributed by atoms with Crippen molar-refractivity contribution in [2.24, 2.45) is 0 Å². The average molecular weight is 303 g/mol. The molecule has 0 radical (unpaired) electrons. The molecule has 0 atom stereocenters. The summed E-state index contributed by atoms with van der Waals surface area (Å²) in [5.74, 6) is -0.111. The van der Waals surface area contributed by atoms with Crippen molar-refractivity contribution in [1.29, 1.82) is 0 Å². The summed E-state index contributed by atoms with van der Waals surface area (Å²) in [6, 6.07) is 22.6. The zero-order valence-corrected chi connectivity index (χ0v) is 12.6. The molecule has 0 aliphatic rings. The molecule has 0 saturated carbocycles. The maximum atomic E-state index is 12.1. The molecule has 114 valence electrons. The van der Waals surface area contributed by atoms with Crippen LogP contribution in [0.5, 0.6) is 0 Å². The summed E-state index contributed by atoms with van der Waals surface area (Å²) in [5.41, 5.74) is 3.37. The standard InChI is InChI=1S/C19H17N3O/c23-19(15-6-2-1-3-7-15)22-17-11-9-16(10-12-17)21-14-18-8-4-5-13-20-18/h1-13,21H,14H2,(H,22,23). The fraction of sp³-hybridized carbons (Fsp3) is 0.0526. The minimum absolute atomic E-state index is 0.111. The first kappa shape index (κ1) is 14.8. The van der Waals surface area contributed by atoms with Crippen molar-refractivity contribution in [3.05, 3.63) is 90.3 Å². The van der Waals surface area contributed by atoms with Crippen molar-refractivity contribution < 1.29 is 4.79 Å². The number of hydrogen-bond acceptors (Lipinski definition) is 3. The Morgan fingerprint density at radius 3 is 2.22 bits per heavy atom. The molecule has 0 unspecified atom stereocenters. The molecule has 0 fully saturated rings. The van der Waals surface area contributed by atoms with Gasteiger partial charge in [-0.25, -0.2) is 0 Å². The quantitative estimate of drug-likeness (QED) is 0.750. The second-order valence-corrected chi connectivity index (χ2v) is 5.07. The lowest BCUT2D eigenvalue weighted by molar-refractivity contribution is 0.102. The van der Waals surface area contributed by atoms with Crippen molar-refractivity contribution in [3.8, 4) is 0 Å². The third-order valence-corrected chi connectivity index (χ3v) is 3.38. The Balaban J connectivity index is 1.58. The summed E-state index contributed by atoms with van der Waals surface area (Å²) in [5, 5.41) is 6.18. The highest BCUT2D eigenvalue weighted by Gasteiger charge is 2.04. The maximum absolute atomic E-state index is 12.1. The number of benzene rings is 2. The molecule has 4 nitrogen and oxygen atoms in total. The van der Waals surface area contributed by atoms with Crippen molar-refractivity contribution in [1.82, 2.24) is 4.98 Å². The van der Waals surface area contributed by atoms with E-state index in [0.29, 0.717) is 12.1 Å². The predicted octanol–water partition coefficient (Wildman–Crippen LogP) is 3.95. The molecule has 0 saturated heterocycles. The van der Waals surface area contributed by atoms with Crippen LogP contribution in [-0.4, -0.2) is 10.9 Å². The summed E-state index contributed by atoms with van der Waals surface area (Å²) >= 11 is 0. The van der Waals surface area contributed by atoms with Crippen molar-refractivity contribution in [2.75, 3.05) is 10.6 Å². The number of nitrogens with zero attached hydrogens (tertiary/aromatic N) is 1. The van der Waals surface area contributed by atoms with Crippen molar-refractivity contribution in [3.63, 3.8) is 0 Å².